The maximum atomic E-state index is 12.9. The highest BCUT2D eigenvalue weighted by atomic mass is 16.5. The third-order valence-corrected chi connectivity index (χ3v) is 5.95. The van der Waals surface area contributed by atoms with Gasteiger partial charge in [0.15, 0.2) is 11.5 Å². The molecule has 0 radical (unpaired) electrons. The monoisotopic (exact) mass is 451 g/mol. The van der Waals surface area contributed by atoms with Crippen LogP contribution in [0.15, 0.2) is 84.9 Å². The Morgan fingerprint density at radius 2 is 1.65 bits per heavy atom. The minimum absolute atomic E-state index is 0.106. The molecule has 0 spiro atoms. The topological polar surface area (TPSA) is 96.6 Å². The van der Waals surface area contributed by atoms with Crippen LogP contribution >= 0.6 is 0 Å². The summed E-state index contributed by atoms with van der Waals surface area (Å²) in [4.78, 5) is 12.9. The first-order chi connectivity index (χ1) is 16.5. The van der Waals surface area contributed by atoms with Gasteiger partial charge in [0.1, 0.15) is 0 Å². The maximum absolute atomic E-state index is 12.9. The lowest BCUT2D eigenvalue weighted by atomic mass is 9.87. The number of hydrogen-bond donors (Lipinski definition) is 4. The largest absolute Gasteiger partial charge is 0.503 e. The van der Waals surface area contributed by atoms with Gasteiger partial charge in [0.05, 0.1) is 24.0 Å². The average molecular weight is 452 g/mol. The van der Waals surface area contributed by atoms with Crippen molar-refractivity contribution in [1.29, 1.82) is 0 Å². The fourth-order valence-corrected chi connectivity index (χ4v) is 4.40. The molecule has 0 saturated carbocycles. The number of amides is 2. The number of nitrogen functional groups attached to an aromatic ring is 1. The molecule has 6 heteroatoms. The maximum Gasteiger partial charge on any atom is 0.320 e. The van der Waals surface area contributed by atoms with E-state index in [1.807, 2.05) is 55.5 Å². The van der Waals surface area contributed by atoms with Gasteiger partial charge in [-0.2, -0.15) is 0 Å². The van der Waals surface area contributed by atoms with Gasteiger partial charge in [-0.05, 0) is 52.6 Å². The molecular weight excluding hydrogens is 426 g/mol. The Hall–Kier alpha value is -4.45. The van der Waals surface area contributed by atoms with Crippen molar-refractivity contribution in [3.05, 3.63) is 102 Å². The quantitative estimate of drug-likeness (QED) is 0.240. The van der Waals surface area contributed by atoms with Crippen LogP contribution in [-0.2, 0) is 0 Å². The van der Waals surface area contributed by atoms with Crippen molar-refractivity contribution in [2.75, 3.05) is 12.3 Å². The van der Waals surface area contributed by atoms with E-state index in [1.54, 1.807) is 12.1 Å². The van der Waals surface area contributed by atoms with Crippen molar-refractivity contribution in [3.8, 4) is 11.5 Å². The Bertz CT molecular complexity index is 1410. The Morgan fingerprint density at radius 3 is 2.41 bits per heavy atom. The molecule has 0 bridgehead atoms. The molecule has 5 rings (SSSR count). The zero-order valence-corrected chi connectivity index (χ0v) is 18.7. The van der Waals surface area contributed by atoms with Crippen LogP contribution in [0.3, 0.4) is 0 Å². The number of carbonyl (C=O) groups excluding carboxylic acids is 1. The zero-order chi connectivity index (χ0) is 23.7. The first kappa shape index (κ1) is 21.4. The van der Waals surface area contributed by atoms with Gasteiger partial charge in [-0.3, -0.25) is 0 Å². The summed E-state index contributed by atoms with van der Waals surface area (Å²) < 4.78 is 5.60. The second-order valence-corrected chi connectivity index (χ2v) is 8.14. The molecule has 1 atom stereocenters. The number of rotatable bonds is 5. The van der Waals surface area contributed by atoms with E-state index in [2.05, 4.69) is 34.9 Å². The van der Waals surface area contributed by atoms with Crippen LogP contribution < -0.4 is 21.1 Å². The van der Waals surface area contributed by atoms with Gasteiger partial charge in [0.2, 0.25) is 0 Å². The number of nitrogens with one attached hydrogen (secondary N) is 2. The second kappa shape index (κ2) is 8.83. The van der Waals surface area contributed by atoms with Crippen molar-refractivity contribution in [2.45, 2.75) is 13.0 Å². The van der Waals surface area contributed by atoms with Crippen LogP contribution in [-0.4, -0.2) is 17.7 Å². The fraction of sp³-hybridized carbons (Fsp3) is 0.107. The first-order valence-corrected chi connectivity index (χ1v) is 11.2. The van der Waals surface area contributed by atoms with Crippen molar-refractivity contribution in [1.82, 2.24) is 10.6 Å². The number of urea groups is 1. The standard InChI is InChI=1S/C28H25N3O3/c1-2-34-23-16-21(15-22(29)27(23)32)26-24(18-9-4-3-5-10-18)25(30-28(33)31-26)20-13-12-17-8-6-7-11-19(17)14-20/h3-16,26,32H,2,29H2,1H3,(H2,30,31,33). The molecular formula is C28H25N3O3. The molecule has 34 heavy (non-hydrogen) atoms. The van der Waals surface area contributed by atoms with Gasteiger partial charge in [-0.25, -0.2) is 4.79 Å². The highest BCUT2D eigenvalue weighted by Crippen LogP contribution is 2.42. The number of carbonyl (C=O) groups is 1. The predicted molar refractivity (Wildman–Crippen MR) is 135 cm³/mol. The van der Waals surface area contributed by atoms with Crippen LogP contribution in [0, 0.1) is 0 Å². The highest BCUT2D eigenvalue weighted by Gasteiger charge is 2.31. The first-order valence-electron chi connectivity index (χ1n) is 11.2. The van der Waals surface area contributed by atoms with E-state index < -0.39 is 6.04 Å². The molecule has 5 N–H and O–H groups in total. The van der Waals surface area contributed by atoms with Crippen molar-refractivity contribution in [3.63, 3.8) is 0 Å². The van der Waals surface area contributed by atoms with E-state index in [4.69, 9.17) is 10.5 Å². The van der Waals surface area contributed by atoms with Crippen LogP contribution in [0.1, 0.15) is 29.7 Å². The Kier molecular flexibility index (Phi) is 5.55. The molecule has 0 fully saturated rings. The number of fused-ring (bicyclic) bond motifs is 1. The average Bonchev–Trinajstić information content (AvgIpc) is 2.86. The summed E-state index contributed by atoms with van der Waals surface area (Å²) in [5.74, 6) is 0.177. The minimum atomic E-state index is -0.514. The lowest BCUT2D eigenvalue weighted by molar-refractivity contribution is 0.242. The van der Waals surface area contributed by atoms with Gasteiger partial charge in [-0.1, -0.05) is 66.7 Å². The van der Waals surface area contributed by atoms with E-state index in [-0.39, 0.29) is 23.2 Å². The summed E-state index contributed by atoms with van der Waals surface area (Å²) in [6.45, 7) is 2.21. The Balaban J connectivity index is 1.75. The smallest absolute Gasteiger partial charge is 0.320 e. The third-order valence-electron chi connectivity index (χ3n) is 5.95. The molecule has 0 saturated heterocycles. The summed E-state index contributed by atoms with van der Waals surface area (Å²) in [6, 6.07) is 26.7. The number of ether oxygens (including phenoxy) is 1. The SMILES string of the molecule is CCOc1cc(C2NC(=O)NC(c3ccc4ccccc4c3)=C2c2ccccc2)cc(N)c1O. The molecule has 4 aromatic carbocycles. The molecule has 1 aliphatic rings. The number of nitrogens with two attached hydrogens (primary N) is 1. The van der Waals surface area contributed by atoms with Gasteiger partial charge in [-0.15, -0.1) is 0 Å². The van der Waals surface area contributed by atoms with E-state index in [1.165, 1.54) is 0 Å². The molecule has 2 amide bonds. The highest BCUT2D eigenvalue weighted by molar-refractivity contribution is 6.04. The number of benzene rings is 4. The number of hydrogen-bond acceptors (Lipinski definition) is 4. The summed E-state index contributed by atoms with van der Waals surface area (Å²) in [5.41, 5.74) is 10.5. The van der Waals surface area contributed by atoms with E-state index in [0.29, 0.717) is 12.2 Å². The summed E-state index contributed by atoms with van der Waals surface area (Å²) in [5, 5.41) is 18.6. The molecule has 4 aromatic rings. The lowest BCUT2D eigenvalue weighted by Crippen LogP contribution is -2.43. The van der Waals surface area contributed by atoms with Crippen molar-refractivity contribution >= 4 is 33.8 Å². The minimum Gasteiger partial charge on any atom is -0.503 e. The van der Waals surface area contributed by atoms with Crippen molar-refractivity contribution in [2.24, 2.45) is 0 Å². The summed E-state index contributed by atoms with van der Waals surface area (Å²) in [6.07, 6.45) is 0. The molecule has 1 unspecified atom stereocenters. The van der Waals surface area contributed by atoms with Crippen molar-refractivity contribution < 1.29 is 14.6 Å². The van der Waals surface area contributed by atoms with Crippen LogP contribution in [0.2, 0.25) is 0 Å². The van der Waals surface area contributed by atoms with Crippen LogP contribution in [0.25, 0.3) is 22.0 Å². The Morgan fingerprint density at radius 1 is 0.912 bits per heavy atom. The van der Waals surface area contributed by atoms with Gasteiger partial charge in [0, 0.05) is 5.57 Å². The lowest BCUT2D eigenvalue weighted by Gasteiger charge is -2.31. The molecule has 0 aliphatic carbocycles. The summed E-state index contributed by atoms with van der Waals surface area (Å²) in [7, 11) is 0. The number of phenols is 1. The van der Waals surface area contributed by atoms with Gasteiger partial charge in [0.25, 0.3) is 0 Å². The third kappa shape index (κ3) is 3.90. The number of aromatic hydroxyl groups is 1. The summed E-state index contributed by atoms with van der Waals surface area (Å²) >= 11 is 0. The molecule has 0 aromatic heterocycles. The van der Waals surface area contributed by atoms with E-state index in [9.17, 15) is 9.90 Å². The van der Waals surface area contributed by atoms with E-state index in [0.717, 1.165) is 33.2 Å². The number of anilines is 1. The van der Waals surface area contributed by atoms with Crippen LogP contribution in [0.5, 0.6) is 11.5 Å². The van der Waals surface area contributed by atoms with E-state index >= 15 is 0 Å². The zero-order valence-electron chi connectivity index (χ0n) is 18.7. The Labute approximate surface area is 197 Å². The molecule has 170 valence electrons. The predicted octanol–water partition coefficient (Wildman–Crippen LogP) is 5.45. The normalized spacial score (nSPS) is 15.7. The molecule has 6 nitrogen and oxygen atoms in total. The molecule has 1 heterocycles. The molecule has 1 aliphatic heterocycles. The van der Waals surface area contributed by atoms with Crippen LogP contribution in [0.4, 0.5) is 10.5 Å². The number of phenolic OH excluding ortho intramolecular Hbond substituents is 1. The van der Waals surface area contributed by atoms with Gasteiger partial charge < -0.3 is 26.2 Å². The fourth-order valence-electron chi connectivity index (χ4n) is 4.40. The second-order valence-electron chi connectivity index (χ2n) is 8.14. The van der Waals surface area contributed by atoms with Gasteiger partial charge >= 0.3 is 6.03 Å².